The first-order valence-electron chi connectivity index (χ1n) is 5.66. The number of aryl methyl sites for hydroxylation is 1. The first kappa shape index (κ1) is 14.7. The molecular formula is C13H16N2O4. The Bertz CT molecular complexity index is 517. The van der Waals surface area contributed by atoms with Crippen molar-refractivity contribution in [3.05, 3.63) is 42.0 Å². The fourth-order valence-electron chi connectivity index (χ4n) is 1.53. The third kappa shape index (κ3) is 4.09. The Morgan fingerprint density at radius 1 is 1.42 bits per heavy atom. The molecule has 19 heavy (non-hydrogen) atoms. The van der Waals surface area contributed by atoms with Crippen LogP contribution in [0.4, 0.5) is 0 Å². The minimum atomic E-state index is -1.08. The van der Waals surface area contributed by atoms with Crippen molar-refractivity contribution < 1.29 is 19.8 Å². The van der Waals surface area contributed by atoms with Crippen molar-refractivity contribution in [2.75, 3.05) is 0 Å². The van der Waals surface area contributed by atoms with E-state index in [0.717, 1.165) is 5.82 Å². The molecule has 2 rings (SSSR count). The summed E-state index contributed by atoms with van der Waals surface area (Å²) in [5.74, 6) is -1.09. The standard InChI is InChI=1S/C9H10O4.C4H6N2/c1-9(8(12)13)4-2-3-6(5-9)7(10)11;1-4-5-2-3-6-4/h2-4H,5H2,1H3,(H,10,11)(H,12,13);2-3H,1H3,(H,5,6). The zero-order chi connectivity index (χ0) is 14.5. The smallest absolute Gasteiger partial charge is 0.331 e. The molecule has 0 saturated heterocycles. The molecule has 6 nitrogen and oxygen atoms in total. The van der Waals surface area contributed by atoms with Crippen LogP contribution in [0.15, 0.2) is 36.2 Å². The number of nitrogens with zero attached hydrogens (tertiary/aromatic N) is 1. The van der Waals surface area contributed by atoms with Crippen LogP contribution in [0.1, 0.15) is 19.2 Å². The highest BCUT2D eigenvalue weighted by Crippen LogP contribution is 2.31. The third-order valence-corrected chi connectivity index (χ3v) is 2.72. The molecule has 102 valence electrons. The second-order valence-corrected chi connectivity index (χ2v) is 4.43. The normalized spacial score (nSPS) is 21.1. The Kier molecular flexibility index (Phi) is 4.63. The molecule has 0 aromatic carbocycles. The largest absolute Gasteiger partial charge is 0.481 e. The Balaban J connectivity index is 0.000000250. The summed E-state index contributed by atoms with van der Waals surface area (Å²) in [6.45, 7) is 3.42. The summed E-state index contributed by atoms with van der Waals surface area (Å²) >= 11 is 0. The summed E-state index contributed by atoms with van der Waals surface area (Å²) in [5, 5.41) is 17.5. The minimum absolute atomic E-state index is 0.0359. The molecule has 0 aliphatic heterocycles. The van der Waals surface area contributed by atoms with E-state index in [0.29, 0.717) is 0 Å². The van der Waals surface area contributed by atoms with E-state index in [1.807, 2.05) is 6.92 Å². The van der Waals surface area contributed by atoms with Crippen LogP contribution < -0.4 is 0 Å². The quantitative estimate of drug-likeness (QED) is 0.755. The Hall–Kier alpha value is -2.37. The van der Waals surface area contributed by atoms with Crippen molar-refractivity contribution in [3.8, 4) is 0 Å². The second-order valence-electron chi connectivity index (χ2n) is 4.43. The predicted octanol–water partition coefficient (Wildman–Crippen LogP) is 1.77. The van der Waals surface area contributed by atoms with Gasteiger partial charge in [0.2, 0.25) is 0 Å². The van der Waals surface area contributed by atoms with Crippen LogP contribution >= 0.6 is 0 Å². The van der Waals surface area contributed by atoms with Gasteiger partial charge in [-0.2, -0.15) is 0 Å². The number of hydrogen-bond acceptors (Lipinski definition) is 3. The van der Waals surface area contributed by atoms with Crippen molar-refractivity contribution in [1.82, 2.24) is 9.97 Å². The number of carbonyl (C=O) groups is 2. The number of aromatic amines is 1. The third-order valence-electron chi connectivity index (χ3n) is 2.72. The molecule has 1 aromatic rings. The number of aliphatic carboxylic acids is 2. The number of allylic oxidation sites excluding steroid dienone is 2. The number of carboxylic acid groups (broad SMARTS) is 2. The zero-order valence-corrected chi connectivity index (χ0v) is 10.8. The Morgan fingerprint density at radius 2 is 2.11 bits per heavy atom. The molecule has 0 spiro atoms. The van der Waals surface area contributed by atoms with Crippen LogP contribution in [0, 0.1) is 12.3 Å². The summed E-state index contributed by atoms with van der Waals surface area (Å²) in [5.41, 5.74) is -0.949. The van der Waals surface area contributed by atoms with Gasteiger partial charge in [-0.15, -0.1) is 0 Å². The monoisotopic (exact) mass is 264 g/mol. The van der Waals surface area contributed by atoms with Gasteiger partial charge in [0.1, 0.15) is 5.82 Å². The maximum Gasteiger partial charge on any atom is 0.331 e. The van der Waals surface area contributed by atoms with E-state index >= 15 is 0 Å². The summed E-state index contributed by atoms with van der Waals surface area (Å²) in [6, 6.07) is 0. The number of aromatic nitrogens is 2. The average molecular weight is 264 g/mol. The number of carboxylic acids is 2. The summed E-state index contributed by atoms with van der Waals surface area (Å²) < 4.78 is 0. The van der Waals surface area contributed by atoms with Gasteiger partial charge in [0, 0.05) is 18.0 Å². The van der Waals surface area contributed by atoms with Crippen LogP contribution in [0.2, 0.25) is 0 Å². The molecule has 1 heterocycles. The first-order valence-corrected chi connectivity index (χ1v) is 5.66. The number of rotatable bonds is 2. The van der Waals surface area contributed by atoms with Gasteiger partial charge in [0.15, 0.2) is 0 Å². The maximum absolute atomic E-state index is 10.8. The summed E-state index contributed by atoms with van der Waals surface area (Å²) in [7, 11) is 0. The van der Waals surface area contributed by atoms with E-state index in [1.165, 1.54) is 25.2 Å². The van der Waals surface area contributed by atoms with E-state index in [2.05, 4.69) is 9.97 Å². The summed E-state index contributed by atoms with van der Waals surface area (Å²) in [4.78, 5) is 28.1. The zero-order valence-electron chi connectivity index (χ0n) is 10.8. The lowest BCUT2D eigenvalue weighted by Gasteiger charge is -2.23. The molecule has 3 N–H and O–H groups in total. The fraction of sp³-hybridized carbons (Fsp3) is 0.308. The lowest BCUT2D eigenvalue weighted by Crippen LogP contribution is -2.28. The molecular weight excluding hydrogens is 248 g/mol. The molecule has 0 fully saturated rings. The van der Waals surface area contributed by atoms with Gasteiger partial charge in [0.05, 0.1) is 5.41 Å². The molecule has 6 heteroatoms. The molecule has 1 atom stereocenters. The van der Waals surface area contributed by atoms with Crippen LogP contribution in [0.3, 0.4) is 0 Å². The van der Waals surface area contributed by atoms with Crippen molar-refractivity contribution >= 4 is 11.9 Å². The second kappa shape index (κ2) is 5.99. The van der Waals surface area contributed by atoms with Gasteiger partial charge in [-0.1, -0.05) is 18.2 Å². The topological polar surface area (TPSA) is 103 Å². The van der Waals surface area contributed by atoms with Gasteiger partial charge in [-0.25, -0.2) is 9.78 Å². The van der Waals surface area contributed by atoms with E-state index in [1.54, 1.807) is 12.4 Å². The predicted molar refractivity (Wildman–Crippen MR) is 68.5 cm³/mol. The molecule has 1 aliphatic rings. The van der Waals surface area contributed by atoms with Crippen LogP contribution in [0.25, 0.3) is 0 Å². The number of nitrogens with one attached hydrogen (secondary N) is 1. The number of hydrogen-bond donors (Lipinski definition) is 3. The van der Waals surface area contributed by atoms with E-state index in [9.17, 15) is 9.59 Å². The molecule has 1 aromatic heterocycles. The van der Waals surface area contributed by atoms with Gasteiger partial charge < -0.3 is 15.2 Å². The minimum Gasteiger partial charge on any atom is -0.481 e. The highest BCUT2D eigenvalue weighted by molar-refractivity contribution is 5.90. The SMILES string of the molecule is CC1(C(=O)O)C=CC=C(C(=O)O)C1.Cc1ncc[nH]1. The van der Waals surface area contributed by atoms with Crippen molar-refractivity contribution in [2.45, 2.75) is 20.3 Å². The van der Waals surface area contributed by atoms with E-state index in [4.69, 9.17) is 10.2 Å². The van der Waals surface area contributed by atoms with Gasteiger partial charge >= 0.3 is 11.9 Å². The van der Waals surface area contributed by atoms with Crippen molar-refractivity contribution in [1.29, 1.82) is 0 Å². The lowest BCUT2D eigenvalue weighted by molar-refractivity contribution is -0.145. The highest BCUT2D eigenvalue weighted by Gasteiger charge is 2.34. The number of H-pyrrole nitrogens is 1. The lowest BCUT2D eigenvalue weighted by atomic mass is 9.80. The molecule has 0 amide bonds. The van der Waals surface area contributed by atoms with Gasteiger partial charge in [-0.3, -0.25) is 4.79 Å². The van der Waals surface area contributed by atoms with Crippen molar-refractivity contribution in [2.24, 2.45) is 5.41 Å². The van der Waals surface area contributed by atoms with Crippen LogP contribution in [0.5, 0.6) is 0 Å². The molecule has 1 unspecified atom stereocenters. The molecule has 0 bridgehead atoms. The summed E-state index contributed by atoms with van der Waals surface area (Å²) in [6.07, 6.45) is 7.97. The Morgan fingerprint density at radius 3 is 2.47 bits per heavy atom. The fourth-order valence-corrected chi connectivity index (χ4v) is 1.53. The van der Waals surface area contributed by atoms with E-state index < -0.39 is 17.4 Å². The molecule has 0 radical (unpaired) electrons. The highest BCUT2D eigenvalue weighted by atomic mass is 16.4. The van der Waals surface area contributed by atoms with Gasteiger partial charge in [-0.05, 0) is 20.3 Å². The first-order chi connectivity index (χ1) is 8.85. The van der Waals surface area contributed by atoms with Gasteiger partial charge in [0.25, 0.3) is 0 Å². The average Bonchev–Trinajstić information content (AvgIpc) is 2.81. The molecule has 1 aliphatic carbocycles. The van der Waals surface area contributed by atoms with Crippen LogP contribution in [-0.2, 0) is 9.59 Å². The maximum atomic E-state index is 10.8. The molecule has 0 saturated carbocycles. The Labute approximate surface area is 110 Å². The number of imidazole rings is 1. The van der Waals surface area contributed by atoms with Crippen molar-refractivity contribution in [3.63, 3.8) is 0 Å². The van der Waals surface area contributed by atoms with Crippen LogP contribution in [-0.4, -0.2) is 32.1 Å². The van der Waals surface area contributed by atoms with E-state index in [-0.39, 0.29) is 12.0 Å².